The van der Waals surface area contributed by atoms with Crippen LogP contribution in [0.3, 0.4) is 0 Å². The molecule has 1 rings (SSSR count). The Morgan fingerprint density at radius 3 is 1.50 bits per heavy atom. The van der Waals surface area contributed by atoms with Crippen molar-refractivity contribution in [2.45, 2.75) is 71.1 Å². The molecule has 0 aromatic carbocycles. The average molecular weight is 308 g/mol. The molecule has 0 aliphatic heterocycles. The van der Waals surface area contributed by atoms with Gasteiger partial charge in [-0.25, -0.2) is 0 Å². The number of carboxylic acids is 1. The van der Waals surface area contributed by atoms with Crippen LogP contribution in [0, 0.1) is 0 Å². The lowest BCUT2D eigenvalue weighted by atomic mass is 10.1. The minimum Gasteiger partial charge on any atom is -0.481 e. The molecule has 1 aliphatic rings. The summed E-state index contributed by atoms with van der Waals surface area (Å²) >= 11 is 0. The van der Waals surface area contributed by atoms with E-state index in [0.29, 0.717) is 6.42 Å². The maximum Gasteiger partial charge on any atom is 0.303 e. The predicted octanol–water partition coefficient (Wildman–Crippen LogP) is 4.24. The molecule has 124 valence electrons. The third-order valence-corrected chi connectivity index (χ3v) is 3.32. The van der Waals surface area contributed by atoms with Crippen molar-refractivity contribution >= 4 is 17.5 Å². The number of unbranched alkanes of at least 4 members (excludes halogenated alkanes) is 8. The Morgan fingerprint density at radius 2 is 1.14 bits per heavy atom. The fourth-order valence-corrected chi connectivity index (χ4v) is 2.03. The van der Waals surface area contributed by atoms with Crippen LogP contribution in [0.15, 0.2) is 24.3 Å². The van der Waals surface area contributed by atoms with E-state index in [4.69, 9.17) is 5.11 Å². The molecular weight excluding hydrogens is 280 g/mol. The largest absolute Gasteiger partial charge is 0.481 e. The van der Waals surface area contributed by atoms with Crippen LogP contribution in [0.25, 0.3) is 0 Å². The summed E-state index contributed by atoms with van der Waals surface area (Å²) in [7, 11) is 0. The van der Waals surface area contributed by atoms with Crippen LogP contribution in [-0.4, -0.2) is 22.6 Å². The molecule has 0 saturated heterocycles. The minimum absolute atomic E-state index is 0.121. The summed E-state index contributed by atoms with van der Waals surface area (Å²) in [4.78, 5) is 30.8. The van der Waals surface area contributed by atoms with Gasteiger partial charge in [-0.1, -0.05) is 58.3 Å². The Hall–Kier alpha value is -1.71. The predicted molar refractivity (Wildman–Crippen MR) is 87.8 cm³/mol. The van der Waals surface area contributed by atoms with Crippen molar-refractivity contribution in [3.05, 3.63) is 24.3 Å². The van der Waals surface area contributed by atoms with Crippen molar-refractivity contribution in [3.63, 3.8) is 0 Å². The second kappa shape index (κ2) is 14.2. The van der Waals surface area contributed by atoms with Gasteiger partial charge in [-0.05, 0) is 30.7 Å². The molecule has 0 radical (unpaired) electrons. The highest BCUT2D eigenvalue weighted by Crippen LogP contribution is 2.10. The SMILES string of the molecule is CCCCCCCCCCCC(=O)O.O=C1C=CC(=O)C=C1. The topological polar surface area (TPSA) is 71.4 Å². The lowest BCUT2D eigenvalue weighted by Crippen LogP contribution is -1.97. The van der Waals surface area contributed by atoms with Gasteiger partial charge >= 0.3 is 5.97 Å². The quantitative estimate of drug-likeness (QED) is 0.484. The molecular formula is C18H28O4. The fourth-order valence-electron chi connectivity index (χ4n) is 2.03. The number of rotatable bonds is 10. The summed E-state index contributed by atoms with van der Waals surface area (Å²) in [5.41, 5.74) is 0. The molecule has 0 unspecified atom stereocenters. The van der Waals surface area contributed by atoms with Crippen LogP contribution in [0.2, 0.25) is 0 Å². The maximum absolute atomic E-state index is 10.3. The van der Waals surface area contributed by atoms with E-state index in [0.717, 1.165) is 12.8 Å². The van der Waals surface area contributed by atoms with Crippen molar-refractivity contribution in [2.75, 3.05) is 0 Å². The van der Waals surface area contributed by atoms with Crippen LogP contribution < -0.4 is 0 Å². The van der Waals surface area contributed by atoms with Gasteiger partial charge in [-0.3, -0.25) is 14.4 Å². The van der Waals surface area contributed by atoms with Gasteiger partial charge in [-0.2, -0.15) is 0 Å². The number of aliphatic carboxylic acids is 1. The smallest absolute Gasteiger partial charge is 0.303 e. The Kier molecular flexibility index (Phi) is 13.1. The summed E-state index contributed by atoms with van der Waals surface area (Å²) in [6, 6.07) is 0. The zero-order chi connectivity index (χ0) is 16.6. The summed E-state index contributed by atoms with van der Waals surface area (Å²) in [5, 5.41) is 8.41. The number of ketones is 2. The van der Waals surface area contributed by atoms with Gasteiger partial charge in [0.15, 0.2) is 11.6 Å². The Bertz CT molecular complexity index is 356. The van der Waals surface area contributed by atoms with E-state index < -0.39 is 5.97 Å². The highest BCUT2D eigenvalue weighted by molar-refractivity contribution is 6.14. The van der Waals surface area contributed by atoms with Crippen molar-refractivity contribution in [2.24, 2.45) is 0 Å². The van der Waals surface area contributed by atoms with E-state index in [1.165, 1.54) is 69.2 Å². The normalized spacial score (nSPS) is 13.0. The van der Waals surface area contributed by atoms with E-state index in [2.05, 4.69) is 6.92 Å². The molecule has 0 amide bonds. The molecule has 0 aromatic rings. The van der Waals surface area contributed by atoms with Gasteiger partial charge in [0.1, 0.15) is 0 Å². The van der Waals surface area contributed by atoms with Gasteiger partial charge in [0.05, 0.1) is 0 Å². The molecule has 0 bridgehead atoms. The van der Waals surface area contributed by atoms with E-state index in [9.17, 15) is 14.4 Å². The van der Waals surface area contributed by atoms with E-state index >= 15 is 0 Å². The molecule has 1 N–H and O–H groups in total. The standard InChI is InChI=1S/C12H24O2.C6H4O2/c1-2-3-4-5-6-7-8-9-10-11-12(13)14;7-5-1-2-6(8)4-3-5/h2-11H2,1H3,(H,13,14);1-4H. The zero-order valence-electron chi connectivity index (χ0n) is 13.6. The number of carbonyl (C=O) groups excluding carboxylic acids is 2. The molecule has 0 heterocycles. The first-order valence-electron chi connectivity index (χ1n) is 8.22. The molecule has 4 nitrogen and oxygen atoms in total. The monoisotopic (exact) mass is 308 g/mol. The third-order valence-electron chi connectivity index (χ3n) is 3.32. The second-order valence-corrected chi connectivity index (χ2v) is 5.44. The Labute approximate surface area is 133 Å². The summed E-state index contributed by atoms with van der Waals surface area (Å²) < 4.78 is 0. The highest BCUT2D eigenvalue weighted by Gasteiger charge is 1.98. The number of allylic oxidation sites excluding steroid dienone is 4. The van der Waals surface area contributed by atoms with Crippen LogP contribution in [0.1, 0.15) is 71.1 Å². The molecule has 0 fully saturated rings. The maximum atomic E-state index is 10.3. The van der Waals surface area contributed by atoms with E-state index in [1.54, 1.807) is 0 Å². The first kappa shape index (κ1) is 20.3. The van der Waals surface area contributed by atoms with Crippen molar-refractivity contribution < 1.29 is 19.5 Å². The Balaban J connectivity index is 0.000000461. The summed E-state index contributed by atoms with van der Waals surface area (Å²) in [6.07, 6.45) is 16.5. The van der Waals surface area contributed by atoms with E-state index in [-0.39, 0.29) is 11.6 Å². The summed E-state index contributed by atoms with van der Waals surface area (Å²) in [5.74, 6) is -0.901. The molecule has 22 heavy (non-hydrogen) atoms. The first-order valence-corrected chi connectivity index (χ1v) is 8.22. The Morgan fingerprint density at radius 1 is 0.773 bits per heavy atom. The summed E-state index contributed by atoms with van der Waals surface area (Å²) in [6.45, 7) is 2.23. The lowest BCUT2D eigenvalue weighted by molar-refractivity contribution is -0.137. The second-order valence-electron chi connectivity index (χ2n) is 5.44. The molecule has 0 spiro atoms. The van der Waals surface area contributed by atoms with Crippen LogP contribution in [0.4, 0.5) is 0 Å². The zero-order valence-corrected chi connectivity index (χ0v) is 13.6. The van der Waals surface area contributed by atoms with Gasteiger partial charge in [0.25, 0.3) is 0 Å². The molecule has 1 aliphatic carbocycles. The van der Waals surface area contributed by atoms with E-state index in [1.807, 2.05) is 0 Å². The van der Waals surface area contributed by atoms with Gasteiger partial charge < -0.3 is 5.11 Å². The van der Waals surface area contributed by atoms with Gasteiger partial charge in [0.2, 0.25) is 0 Å². The minimum atomic E-state index is -0.659. The molecule has 0 atom stereocenters. The number of hydrogen-bond acceptors (Lipinski definition) is 3. The van der Waals surface area contributed by atoms with Gasteiger partial charge in [-0.15, -0.1) is 0 Å². The van der Waals surface area contributed by atoms with Crippen molar-refractivity contribution in [3.8, 4) is 0 Å². The number of hydrogen-bond donors (Lipinski definition) is 1. The average Bonchev–Trinajstić information content (AvgIpc) is 2.49. The van der Waals surface area contributed by atoms with Crippen LogP contribution in [0.5, 0.6) is 0 Å². The molecule has 0 saturated carbocycles. The van der Waals surface area contributed by atoms with Crippen molar-refractivity contribution in [1.29, 1.82) is 0 Å². The fraction of sp³-hybridized carbons (Fsp3) is 0.611. The highest BCUT2D eigenvalue weighted by atomic mass is 16.4. The third kappa shape index (κ3) is 14.7. The lowest BCUT2D eigenvalue weighted by Gasteiger charge is -2.00. The van der Waals surface area contributed by atoms with Gasteiger partial charge in [0, 0.05) is 6.42 Å². The molecule has 4 heteroatoms. The number of carboxylic acid groups (broad SMARTS) is 1. The number of carbonyl (C=O) groups is 3. The first-order chi connectivity index (χ1) is 10.6. The van der Waals surface area contributed by atoms with Crippen LogP contribution in [-0.2, 0) is 14.4 Å². The molecule has 0 aromatic heterocycles. The van der Waals surface area contributed by atoms with Crippen LogP contribution >= 0.6 is 0 Å². The van der Waals surface area contributed by atoms with Crippen molar-refractivity contribution in [1.82, 2.24) is 0 Å².